The first-order valence-electron chi connectivity index (χ1n) is 8.39. The molecule has 0 unspecified atom stereocenters. The predicted octanol–water partition coefficient (Wildman–Crippen LogP) is 2.40. The van der Waals surface area contributed by atoms with Crippen LogP contribution in [-0.4, -0.2) is 37.3 Å². The number of H-pyrrole nitrogens is 1. The number of hydrogen-bond donors (Lipinski definition) is 2. The highest BCUT2D eigenvalue weighted by Crippen LogP contribution is 2.21. The molecule has 1 amide bonds. The molecule has 0 saturated heterocycles. The summed E-state index contributed by atoms with van der Waals surface area (Å²) < 4.78 is 32.6. The third-order valence-electron chi connectivity index (χ3n) is 4.12. The maximum atomic E-state index is 12.6. The van der Waals surface area contributed by atoms with Crippen LogP contribution in [0.2, 0.25) is 0 Å². The third kappa shape index (κ3) is 3.87. The Hall–Kier alpha value is -3.07. The molecule has 142 valence electrons. The van der Waals surface area contributed by atoms with Gasteiger partial charge in [0.2, 0.25) is 0 Å². The summed E-state index contributed by atoms with van der Waals surface area (Å²) in [5.41, 5.74) is 1.22. The number of aromatic nitrogens is 1. The second kappa shape index (κ2) is 7.28. The fourth-order valence-corrected chi connectivity index (χ4v) is 3.78. The number of nitrogens with one attached hydrogen (secondary N) is 2. The zero-order valence-corrected chi connectivity index (χ0v) is 15.7. The molecule has 8 nitrogen and oxygen atoms in total. The van der Waals surface area contributed by atoms with Gasteiger partial charge in [-0.25, -0.2) is 13.2 Å². The Bertz CT molecular complexity index is 1140. The molecule has 0 radical (unpaired) electrons. The monoisotopic (exact) mass is 389 g/mol. The number of oxazole rings is 1. The van der Waals surface area contributed by atoms with Crippen LogP contribution < -0.4 is 10.5 Å². The largest absolute Gasteiger partial charge is 0.417 e. The summed E-state index contributed by atoms with van der Waals surface area (Å²) in [6, 6.07) is 10.4. The van der Waals surface area contributed by atoms with E-state index < -0.39 is 15.8 Å². The first-order valence-corrected chi connectivity index (χ1v) is 9.87. The van der Waals surface area contributed by atoms with E-state index in [1.54, 1.807) is 23.1 Å². The predicted molar refractivity (Wildman–Crippen MR) is 101 cm³/mol. The van der Waals surface area contributed by atoms with Gasteiger partial charge in [0.25, 0.3) is 15.9 Å². The zero-order chi connectivity index (χ0) is 19.6. The average molecular weight is 389 g/mol. The van der Waals surface area contributed by atoms with E-state index in [0.29, 0.717) is 24.2 Å². The van der Waals surface area contributed by atoms with Gasteiger partial charge in [-0.05, 0) is 44.2 Å². The van der Waals surface area contributed by atoms with Crippen molar-refractivity contribution in [3.63, 3.8) is 0 Å². The van der Waals surface area contributed by atoms with E-state index in [-0.39, 0.29) is 22.1 Å². The zero-order valence-electron chi connectivity index (χ0n) is 14.9. The molecule has 0 aliphatic rings. The number of carbonyl (C=O) groups excluding carboxylic acids is 1. The summed E-state index contributed by atoms with van der Waals surface area (Å²) in [6.45, 7) is 4.88. The smallest absolute Gasteiger partial charge is 0.408 e. The molecule has 27 heavy (non-hydrogen) atoms. The van der Waals surface area contributed by atoms with Crippen LogP contribution in [0.15, 0.2) is 56.6 Å². The van der Waals surface area contributed by atoms with Gasteiger partial charge in [-0.15, -0.1) is 0 Å². The number of carbonyl (C=O) groups is 1. The van der Waals surface area contributed by atoms with Crippen molar-refractivity contribution in [2.75, 3.05) is 17.8 Å². The molecule has 0 aliphatic carbocycles. The van der Waals surface area contributed by atoms with Crippen LogP contribution in [0.4, 0.5) is 5.69 Å². The third-order valence-corrected chi connectivity index (χ3v) is 5.49. The van der Waals surface area contributed by atoms with E-state index in [1.807, 2.05) is 13.8 Å². The van der Waals surface area contributed by atoms with Crippen LogP contribution in [0.1, 0.15) is 24.2 Å². The summed E-state index contributed by atoms with van der Waals surface area (Å²) >= 11 is 0. The Balaban J connectivity index is 1.89. The standard InChI is InChI=1S/C18H19N3O5S/c1-3-21(4-2)17(22)12-6-5-7-13(10-12)20-27(24,25)14-8-9-15-16(11-14)26-18(23)19-15/h5-11,20H,3-4H2,1-2H3,(H,19,23). The van der Waals surface area contributed by atoms with Gasteiger partial charge >= 0.3 is 5.76 Å². The number of aromatic amines is 1. The van der Waals surface area contributed by atoms with Gasteiger partial charge < -0.3 is 9.32 Å². The molecule has 2 aromatic carbocycles. The lowest BCUT2D eigenvalue weighted by Crippen LogP contribution is -2.30. The molecule has 0 spiro atoms. The Morgan fingerprint density at radius 2 is 1.89 bits per heavy atom. The molecule has 2 N–H and O–H groups in total. The minimum absolute atomic E-state index is 0.0572. The number of fused-ring (bicyclic) bond motifs is 1. The number of rotatable bonds is 6. The lowest BCUT2D eigenvalue weighted by atomic mass is 10.2. The fourth-order valence-electron chi connectivity index (χ4n) is 2.72. The van der Waals surface area contributed by atoms with Gasteiger partial charge in [-0.2, -0.15) is 0 Å². The summed E-state index contributed by atoms with van der Waals surface area (Å²) in [5, 5.41) is 0. The lowest BCUT2D eigenvalue weighted by molar-refractivity contribution is 0.0773. The molecular formula is C18H19N3O5S. The highest BCUT2D eigenvalue weighted by molar-refractivity contribution is 7.92. The number of nitrogens with zero attached hydrogens (tertiary/aromatic N) is 1. The van der Waals surface area contributed by atoms with Crippen molar-refractivity contribution in [2.24, 2.45) is 0 Å². The van der Waals surface area contributed by atoms with E-state index in [4.69, 9.17) is 4.42 Å². The van der Waals surface area contributed by atoms with Crippen LogP contribution in [0.3, 0.4) is 0 Å². The Labute approximate surface area is 155 Å². The normalized spacial score (nSPS) is 11.5. The SMILES string of the molecule is CCN(CC)C(=O)c1cccc(NS(=O)(=O)c2ccc3[nH]c(=O)oc3c2)c1. The first-order chi connectivity index (χ1) is 12.8. The number of benzene rings is 2. The Kier molecular flexibility index (Phi) is 5.04. The van der Waals surface area contributed by atoms with Crippen molar-refractivity contribution in [3.05, 3.63) is 58.6 Å². The van der Waals surface area contributed by atoms with Gasteiger partial charge in [0.1, 0.15) is 0 Å². The van der Waals surface area contributed by atoms with Gasteiger partial charge in [-0.3, -0.25) is 14.5 Å². The van der Waals surface area contributed by atoms with Crippen LogP contribution in [0.5, 0.6) is 0 Å². The molecule has 0 atom stereocenters. The average Bonchev–Trinajstić information content (AvgIpc) is 3.01. The summed E-state index contributed by atoms with van der Waals surface area (Å²) in [7, 11) is -3.92. The summed E-state index contributed by atoms with van der Waals surface area (Å²) in [5.74, 6) is -0.827. The van der Waals surface area contributed by atoms with Gasteiger partial charge in [-0.1, -0.05) is 6.07 Å². The number of amides is 1. The van der Waals surface area contributed by atoms with Gasteiger partial charge in [0.15, 0.2) is 5.58 Å². The topological polar surface area (TPSA) is 112 Å². The summed E-state index contributed by atoms with van der Waals surface area (Å²) in [4.78, 5) is 27.7. The maximum Gasteiger partial charge on any atom is 0.417 e. The molecule has 3 rings (SSSR count). The minimum atomic E-state index is -3.92. The quantitative estimate of drug-likeness (QED) is 0.672. The first kappa shape index (κ1) is 18.7. The second-order valence-electron chi connectivity index (χ2n) is 5.84. The van der Waals surface area contributed by atoms with Crippen LogP contribution in [-0.2, 0) is 10.0 Å². The van der Waals surface area contributed by atoms with E-state index in [2.05, 4.69) is 9.71 Å². The number of hydrogen-bond acceptors (Lipinski definition) is 5. The van der Waals surface area contributed by atoms with Crippen LogP contribution >= 0.6 is 0 Å². The van der Waals surface area contributed by atoms with Crippen molar-refractivity contribution in [1.29, 1.82) is 0 Å². The molecule has 0 bridgehead atoms. The van der Waals surface area contributed by atoms with E-state index in [1.165, 1.54) is 24.3 Å². The van der Waals surface area contributed by atoms with Crippen molar-refractivity contribution >= 4 is 32.7 Å². The van der Waals surface area contributed by atoms with Gasteiger partial charge in [0, 0.05) is 30.4 Å². The van der Waals surface area contributed by atoms with Gasteiger partial charge in [0.05, 0.1) is 10.4 Å². The molecule has 1 heterocycles. The maximum absolute atomic E-state index is 12.6. The fraction of sp³-hybridized carbons (Fsp3) is 0.222. The molecule has 1 aromatic heterocycles. The van der Waals surface area contributed by atoms with Crippen molar-refractivity contribution in [1.82, 2.24) is 9.88 Å². The lowest BCUT2D eigenvalue weighted by Gasteiger charge is -2.19. The van der Waals surface area contributed by atoms with Crippen LogP contribution in [0, 0.1) is 0 Å². The Morgan fingerprint density at radius 3 is 2.59 bits per heavy atom. The van der Waals surface area contributed by atoms with E-state index in [9.17, 15) is 18.0 Å². The van der Waals surface area contributed by atoms with Crippen molar-refractivity contribution in [2.45, 2.75) is 18.7 Å². The molecule has 3 aromatic rings. The molecule has 0 aliphatic heterocycles. The van der Waals surface area contributed by atoms with E-state index >= 15 is 0 Å². The highest BCUT2D eigenvalue weighted by Gasteiger charge is 2.18. The molecule has 9 heteroatoms. The van der Waals surface area contributed by atoms with Crippen molar-refractivity contribution < 1.29 is 17.6 Å². The highest BCUT2D eigenvalue weighted by atomic mass is 32.2. The van der Waals surface area contributed by atoms with Crippen molar-refractivity contribution in [3.8, 4) is 0 Å². The number of sulfonamides is 1. The molecular weight excluding hydrogens is 370 g/mol. The molecule has 0 fully saturated rings. The molecule has 0 saturated carbocycles. The second-order valence-corrected chi connectivity index (χ2v) is 7.52. The minimum Gasteiger partial charge on any atom is -0.408 e. The summed E-state index contributed by atoms with van der Waals surface area (Å²) in [6.07, 6.45) is 0. The van der Waals surface area contributed by atoms with E-state index in [0.717, 1.165) is 0 Å². The van der Waals surface area contributed by atoms with Crippen LogP contribution in [0.25, 0.3) is 11.1 Å². The Morgan fingerprint density at radius 1 is 1.15 bits per heavy atom. The number of anilines is 1.